The van der Waals surface area contributed by atoms with Crippen LogP contribution in [0.15, 0.2) is 54.9 Å². The van der Waals surface area contributed by atoms with Gasteiger partial charge in [0.1, 0.15) is 5.75 Å². The third kappa shape index (κ3) is 3.45. The Morgan fingerprint density at radius 1 is 1.12 bits per heavy atom. The average Bonchev–Trinajstić information content (AvgIpc) is 3.14. The van der Waals surface area contributed by atoms with Gasteiger partial charge in [-0.25, -0.2) is 0 Å². The van der Waals surface area contributed by atoms with E-state index in [0.29, 0.717) is 10.8 Å². The SMILES string of the molecule is CNCC(c1ccc(-c2cn[nH]c2)cc1)c1ccc(OC)c(Cl)c1. The zero-order chi connectivity index (χ0) is 16.9. The van der Waals surface area contributed by atoms with E-state index in [4.69, 9.17) is 16.3 Å². The zero-order valence-electron chi connectivity index (χ0n) is 13.7. The lowest BCUT2D eigenvalue weighted by Gasteiger charge is -2.19. The number of aromatic nitrogens is 2. The first-order chi connectivity index (χ1) is 11.7. The van der Waals surface area contributed by atoms with Crippen LogP contribution in [-0.4, -0.2) is 30.9 Å². The van der Waals surface area contributed by atoms with Gasteiger partial charge >= 0.3 is 0 Å². The maximum Gasteiger partial charge on any atom is 0.137 e. The number of hydrogen-bond acceptors (Lipinski definition) is 3. The van der Waals surface area contributed by atoms with Gasteiger partial charge in [0.05, 0.1) is 18.3 Å². The van der Waals surface area contributed by atoms with Crippen LogP contribution < -0.4 is 10.1 Å². The second-order valence-corrected chi connectivity index (χ2v) is 6.02. The van der Waals surface area contributed by atoms with Gasteiger partial charge in [0, 0.05) is 24.2 Å². The Bertz CT molecular complexity index is 785. The van der Waals surface area contributed by atoms with Crippen molar-refractivity contribution in [3.8, 4) is 16.9 Å². The molecule has 0 aliphatic heterocycles. The molecular weight excluding hydrogens is 322 g/mol. The van der Waals surface area contributed by atoms with Crippen molar-refractivity contribution in [2.45, 2.75) is 5.92 Å². The summed E-state index contributed by atoms with van der Waals surface area (Å²) in [6, 6.07) is 14.5. The van der Waals surface area contributed by atoms with Crippen molar-refractivity contribution in [2.24, 2.45) is 0 Å². The number of nitrogens with zero attached hydrogens (tertiary/aromatic N) is 1. The fourth-order valence-electron chi connectivity index (χ4n) is 2.85. The van der Waals surface area contributed by atoms with Crippen LogP contribution in [0.5, 0.6) is 5.75 Å². The van der Waals surface area contributed by atoms with Crippen molar-refractivity contribution in [1.29, 1.82) is 0 Å². The Morgan fingerprint density at radius 3 is 2.46 bits per heavy atom. The summed E-state index contributed by atoms with van der Waals surface area (Å²) in [5, 5.41) is 10.7. The van der Waals surface area contributed by atoms with E-state index in [1.54, 1.807) is 7.11 Å². The van der Waals surface area contributed by atoms with Crippen molar-refractivity contribution >= 4 is 11.6 Å². The highest BCUT2D eigenvalue weighted by atomic mass is 35.5. The van der Waals surface area contributed by atoms with E-state index in [1.807, 2.05) is 31.6 Å². The number of ether oxygens (including phenoxy) is 1. The van der Waals surface area contributed by atoms with Crippen LogP contribution in [0.3, 0.4) is 0 Å². The van der Waals surface area contributed by atoms with E-state index in [0.717, 1.165) is 23.2 Å². The molecule has 3 rings (SSSR count). The second-order valence-electron chi connectivity index (χ2n) is 5.61. The third-order valence-electron chi connectivity index (χ3n) is 4.13. The molecule has 3 aromatic rings. The lowest BCUT2D eigenvalue weighted by Crippen LogP contribution is -2.18. The molecule has 4 nitrogen and oxygen atoms in total. The minimum Gasteiger partial charge on any atom is -0.495 e. The normalized spacial score (nSPS) is 12.1. The highest BCUT2D eigenvalue weighted by Crippen LogP contribution is 2.32. The molecule has 2 N–H and O–H groups in total. The molecule has 0 fully saturated rings. The number of benzene rings is 2. The highest BCUT2D eigenvalue weighted by molar-refractivity contribution is 6.32. The fourth-order valence-corrected chi connectivity index (χ4v) is 3.11. The Labute approximate surface area is 146 Å². The number of hydrogen-bond donors (Lipinski definition) is 2. The molecule has 5 heteroatoms. The van der Waals surface area contributed by atoms with Crippen LogP contribution in [0.2, 0.25) is 5.02 Å². The highest BCUT2D eigenvalue weighted by Gasteiger charge is 2.15. The summed E-state index contributed by atoms with van der Waals surface area (Å²) >= 11 is 6.30. The zero-order valence-corrected chi connectivity index (χ0v) is 14.5. The first-order valence-electron chi connectivity index (χ1n) is 7.80. The van der Waals surface area contributed by atoms with E-state index in [1.165, 1.54) is 5.56 Å². The lowest BCUT2D eigenvalue weighted by molar-refractivity contribution is 0.415. The van der Waals surface area contributed by atoms with Crippen LogP contribution in [0.25, 0.3) is 11.1 Å². The Balaban J connectivity index is 1.92. The third-order valence-corrected chi connectivity index (χ3v) is 4.43. The van der Waals surface area contributed by atoms with Crippen molar-refractivity contribution < 1.29 is 4.74 Å². The van der Waals surface area contributed by atoms with Gasteiger partial charge in [0.25, 0.3) is 0 Å². The smallest absolute Gasteiger partial charge is 0.137 e. The van der Waals surface area contributed by atoms with Crippen molar-refractivity contribution in [1.82, 2.24) is 15.5 Å². The topological polar surface area (TPSA) is 49.9 Å². The number of rotatable bonds is 6. The van der Waals surface area contributed by atoms with Crippen molar-refractivity contribution in [2.75, 3.05) is 20.7 Å². The summed E-state index contributed by atoms with van der Waals surface area (Å²) in [7, 11) is 3.58. The minimum absolute atomic E-state index is 0.219. The first kappa shape index (κ1) is 16.6. The summed E-state index contributed by atoms with van der Waals surface area (Å²) in [6.45, 7) is 0.827. The Hall–Kier alpha value is -2.30. The standard InChI is InChI=1S/C19H20ClN3O/c1-21-12-17(15-7-8-19(24-2)18(20)9-15)14-5-3-13(4-6-14)16-10-22-23-11-16/h3-11,17,21H,12H2,1-2H3,(H,22,23). The summed E-state index contributed by atoms with van der Waals surface area (Å²) in [5.41, 5.74) is 4.62. The fraction of sp³-hybridized carbons (Fsp3) is 0.211. The van der Waals surface area contributed by atoms with Gasteiger partial charge < -0.3 is 10.1 Å². The summed E-state index contributed by atoms with van der Waals surface area (Å²) < 4.78 is 5.25. The molecule has 1 unspecified atom stereocenters. The Kier molecular flexibility index (Phi) is 5.18. The van der Waals surface area contributed by atoms with Crippen LogP contribution in [0.1, 0.15) is 17.0 Å². The molecule has 1 heterocycles. The molecule has 2 aromatic carbocycles. The van der Waals surface area contributed by atoms with E-state index in [9.17, 15) is 0 Å². The molecule has 0 amide bonds. The molecular formula is C19H20ClN3O. The maximum absolute atomic E-state index is 6.30. The van der Waals surface area contributed by atoms with Gasteiger partial charge in [0.15, 0.2) is 0 Å². The van der Waals surface area contributed by atoms with E-state index >= 15 is 0 Å². The number of nitrogens with one attached hydrogen (secondary N) is 2. The molecule has 0 aliphatic rings. The number of methoxy groups -OCH3 is 1. The van der Waals surface area contributed by atoms with Gasteiger partial charge in [-0.2, -0.15) is 5.10 Å². The van der Waals surface area contributed by atoms with Gasteiger partial charge in [-0.3, -0.25) is 5.10 Å². The Morgan fingerprint density at radius 2 is 1.88 bits per heavy atom. The van der Waals surface area contributed by atoms with E-state index in [-0.39, 0.29) is 5.92 Å². The van der Waals surface area contributed by atoms with E-state index in [2.05, 4.69) is 45.8 Å². The molecule has 0 aliphatic carbocycles. The lowest BCUT2D eigenvalue weighted by atomic mass is 9.90. The van der Waals surface area contributed by atoms with Gasteiger partial charge in [-0.15, -0.1) is 0 Å². The van der Waals surface area contributed by atoms with Crippen molar-refractivity contribution in [3.63, 3.8) is 0 Å². The number of likely N-dealkylation sites (N-methyl/N-ethyl adjacent to an activating group) is 1. The molecule has 1 aromatic heterocycles. The maximum atomic E-state index is 6.30. The summed E-state index contributed by atoms with van der Waals surface area (Å²) in [6.07, 6.45) is 3.71. The van der Waals surface area contributed by atoms with Crippen LogP contribution in [0, 0.1) is 0 Å². The van der Waals surface area contributed by atoms with Crippen LogP contribution in [0.4, 0.5) is 0 Å². The number of H-pyrrole nitrogens is 1. The largest absolute Gasteiger partial charge is 0.495 e. The van der Waals surface area contributed by atoms with E-state index < -0.39 is 0 Å². The molecule has 0 saturated carbocycles. The molecule has 0 saturated heterocycles. The van der Waals surface area contributed by atoms with Gasteiger partial charge in [-0.1, -0.05) is 41.9 Å². The molecule has 0 radical (unpaired) electrons. The number of aromatic amines is 1. The summed E-state index contributed by atoms with van der Waals surface area (Å²) in [5.74, 6) is 0.913. The minimum atomic E-state index is 0.219. The predicted molar refractivity (Wildman–Crippen MR) is 97.8 cm³/mol. The quantitative estimate of drug-likeness (QED) is 0.710. The monoisotopic (exact) mass is 341 g/mol. The molecule has 0 spiro atoms. The first-order valence-corrected chi connectivity index (χ1v) is 8.18. The van der Waals surface area contributed by atoms with Crippen molar-refractivity contribution in [3.05, 3.63) is 71.0 Å². The summed E-state index contributed by atoms with van der Waals surface area (Å²) in [4.78, 5) is 0. The van der Waals surface area contributed by atoms with Crippen LogP contribution >= 0.6 is 11.6 Å². The molecule has 1 atom stereocenters. The second kappa shape index (κ2) is 7.51. The van der Waals surface area contributed by atoms with Crippen LogP contribution in [-0.2, 0) is 0 Å². The molecule has 0 bridgehead atoms. The molecule has 24 heavy (non-hydrogen) atoms. The van der Waals surface area contributed by atoms with Gasteiger partial charge in [-0.05, 0) is 35.9 Å². The predicted octanol–water partition coefficient (Wildman–Crippen LogP) is 4.09. The number of halogens is 1. The average molecular weight is 342 g/mol. The molecule has 124 valence electrons. The van der Waals surface area contributed by atoms with Gasteiger partial charge in [0.2, 0.25) is 0 Å².